The maximum atomic E-state index is 13.8. The van der Waals surface area contributed by atoms with Crippen LogP contribution in [0.1, 0.15) is 55.8 Å². The summed E-state index contributed by atoms with van der Waals surface area (Å²) in [6, 6.07) is 3.25. The number of nitrogens with one attached hydrogen (secondary N) is 1. The summed E-state index contributed by atoms with van der Waals surface area (Å²) in [5, 5.41) is 3.16. The van der Waals surface area contributed by atoms with Crippen molar-refractivity contribution in [2.24, 2.45) is 11.8 Å². The maximum Gasteiger partial charge on any atom is 0.256 e. The molecule has 4 nitrogen and oxygen atoms in total. The molecule has 0 aromatic heterocycles. The average Bonchev–Trinajstić information content (AvgIpc) is 2.63. The summed E-state index contributed by atoms with van der Waals surface area (Å²) in [5.74, 6) is -1.28. The van der Waals surface area contributed by atoms with Gasteiger partial charge in [0.25, 0.3) is 5.91 Å². The molecule has 0 radical (unpaired) electrons. The Balaban J connectivity index is 1.50. The first kappa shape index (κ1) is 18.8. The molecule has 0 unspecified atom stereocenters. The minimum absolute atomic E-state index is 0.0737. The smallest absolute Gasteiger partial charge is 0.256 e. The van der Waals surface area contributed by atoms with Crippen molar-refractivity contribution in [1.82, 2.24) is 10.2 Å². The molecule has 2 amide bonds. The lowest BCUT2D eigenvalue weighted by atomic mass is 9.86. The summed E-state index contributed by atoms with van der Waals surface area (Å²) in [6.45, 7) is 3.07. The average molecular weight is 364 g/mol. The molecule has 1 saturated carbocycles. The highest BCUT2D eigenvalue weighted by Gasteiger charge is 2.30. The number of benzene rings is 1. The second-order valence-electron chi connectivity index (χ2n) is 7.66. The van der Waals surface area contributed by atoms with Crippen molar-refractivity contribution in [2.45, 2.75) is 51.5 Å². The number of hydrogen-bond acceptors (Lipinski definition) is 2. The highest BCUT2D eigenvalue weighted by Crippen LogP contribution is 2.25. The zero-order chi connectivity index (χ0) is 18.7. The zero-order valence-corrected chi connectivity index (χ0v) is 15.1. The molecule has 0 atom stereocenters. The van der Waals surface area contributed by atoms with Crippen LogP contribution >= 0.6 is 0 Å². The number of carbonyl (C=O) groups is 2. The summed E-state index contributed by atoms with van der Waals surface area (Å²) >= 11 is 0. The highest BCUT2D eigenvalue weighted by atomic mass is 19.1. The summed E-state index contributed by atoms with van der Waals surface area (Å²) in [5.41, 5.74) is -0.120. The Morgan fingerprint density at radius 3 is 2.31 bits per heavy atom. The van der Waals surface area contributed by atoms with Crippen LogP contribution in [0.4, 0.5) is 8.78 Å². The molecule has 2 fully saturated rings. The van der Waals surface area contributed by atoms with E-state index in [1.54, 1.807) is 4.90 Å². The quantitative estimate of drug-likeness (QED) is 0.892. The van der Waals surface area contributed by atoms with Gasteiger partial charge in [-0.3, -0.25) is 9.59 Å². The lowest BCUT2D eigenvalue weighted by molar-refractivity contribution is -0.127. The second kappa shape index (κ2) is 8.14. The van der Waals surface area contributed by atoms with E-state index in [1.165, 1.54) is 6.07 Å². The molecular formula is C20H26F2N2O2. The Labute approximate surface area is 152 Å². The van der Waals surface area contributed by atoms with Gasteiger partial charge in [0.1, 0.15) is 11.6 Å². The fraction of sp³-hybridized carbons (Fsp3) is 0.600. The molecule has 1 aromatic carbocycles. The Bertz CT molecular complexity index is 664. The van der Waals surface area contributed by atoms with Crippen LogP contribution in [-0.2, 0) is 4.79 Å². The van der Waals surface area contributed by atoms with Crippen molar-refractivity contribution in [1.29, 1.82) is 0 Å². The number of hydrogen-bond donors (Lipinski definition) is 1. The lowest BCUT2D eigenvalue weighted by Gasteiger charge is -2.33. The van der Waals surface area contributed by atoms with Crippen molar-refractivity contribution in [3.05, 3.63) is 35.4 Å². The molecule has 1 aromatic rings. The standard InChI is InChI=1S/C20H26F2N2O2/c1-13-2-5-16(6-3-13)23-19(25)14-8-10-24(11-9-14)20(26)17-7-4-15(21)12-18(17)22/h4,7,12-14,16H,2-3,5-6,8-11H2,1H3,(H,23,25). The van der Waals surface area contributed by atoms with Gasteiger partial charge in [0, 0.05) is 31.1 Å². The van der Waals surface area contributed by atoms with Crippen molar-refractivity contribution >= 4 is 11.8 Å². The molecule has 1 aliphatic carbocycles. The van der Waals surface area contributed by atoms with Gasteiger partial charge in [-0.25, -0.2) is 8.78 Å². The number of rotatable bonds is 3. The minimum atomic E-state index is -0.846. The molecule has 26 heavy (non-hydrogen) atoms. The lowest BCUT2D eigenvalue weighted by Crippen LogP contribution is -2.46. The molecule has 1 N–H and O–H groups in total. The Morgan fingerprint density at radius 1 is 1.04 bits per heavy atom. The number of amides is 2. The van der Waals surface area contributed by atoms with Crippen molar-refractivity contribution in [2.75, 3.05) is 13.1 Å². The topological polar surface area (TPSA) is 49.4 Å². The Hall–Kier alpha value is -1.98. The molecule has 142 valence electrons. The largest absolute Gasteiger partial charge is 0.353 e. The number of halogens is 2. The number of carbonyl (C=O) groups excluding carboxylic acids is 2. The van der Waals surface area contributed by atoms with Gasteiger partial charge in [0.05, 0.1) is 5.56 Å². The van der Waals surface area contributed by atoms with Gasteiger partial charge in [0.2, 0.25) is 5.91 Å². The predicted molar refractivity (Wildman–Crippen MR) is 94.5 cm³/mol. The van der Waals surface area contributed by atoms with E-state index in [0.29, 0.717) is 25.9 Å². The normalized spacial score (nSPS) is 24.3. The molecule has 2 aliphatic rings. The zero-order valence-electron chi connectivity index (χ0n) is 15.1. The third-order valence-electron chi connectivity index (χ3n) is 5.68. The van der Waals surface area contributed by atoms with Crippen molar-refractivity contribution in [3.8, 4) is 0 Å². The van der Waals surface area contributed by atoms with Crippen LogP contribution < -0.4 is 5.32 Å². The summed E-state index contributed by atoms with van der Waals surface area (Å²) in [6.07, 6.45) is 5.53. The van der Waals surface area contributed by atoms with E-state index >= 15 is 0 Å². The van der Waals surface area contributed by atoms with Crippen LogP contribution in [0.15, 0.2) is 18.2 Å². The van der Waals surface area contributed by atoms with Crippen LogP contribution in [0.3, 0.4) is 0 Å². The monoisotopic (exact) mass is 364 g/mol. The van der Waals surface area contributed by atoms with Gasteiger partial charge in [-0.15, -0.1) is 0 Å². The fourth-order valence-corrected chi connectivity index (χ4v) is 3.90. The van der Waals surface area contributed by atoms with E-state index in [9.17, 15) is 18.4 Å². The number of nitrogens with zero attached hydrogens (tertiary/aromatic N) is 1. The molecule has 3 rings (SSSR count). The second-order valence-corrected chi connectivity index (χ2v) is 7.66. The highest BCUT2D eigenvalue weighted by molar-refractivity contribution is 5.94. The van der Waals surface area contributed by atoms with E-state index < -0.39 is 17.5 Å². The summed E-state index contributed by atoms with van der Waals surface area (Å²) < 4.78 is 26.8. The summed E-state index contributed by atoms with van der Waals surface area (Å²) in [7, 11) is 0. The predicted octanol–water partition coefficient (Wildman–Crippen LogP) is 3.51. The van der Waals surface area contributed by atoms with E-state index in [4.69, 9.17) is 0 Å². The van der Waals surface area contributed by atoms with Crippen LogP contribution in [0, 0.1) is 23.5 Å². The van der Waals surface area contributed by atoms with Gasteiger partial charge in [-0.05, 0) is 56.6 Å². The third-order valence-corrected chi connectivity index (χ3v) is 5.68. The van der Waals surface area contributed by atoms with E-state index in [2.05, 4.69) is 12.2 Å². The van der Waals surface area contributed by atoms with Gasteiger partial charge >= 0.3 is 0 Å². The van der Waals surface area contributed by atoms with Crippen LogP contribution in [0.5, 0.6) is 0 Å². The molecule has 1 aliphatic heterocycles. The number of likely N-dealkylation sites (tertiary alicyclic amines) is 1. The molecule has 0 spiro atoms. The fourth-order valence-electron chi connectivity index (χ4n) is 3.90. The van der Waals surface area contributed by atoms with E-state index in [0.717, 1.165) is 43.7 Å². The molecule has 0 bridgehead atoms. The van der Waals surface area contributed by atoms with Gasteiger partial charge in [0.15, 0.2) is 0 Å². The minimum Gasteiger partial charge on any atom is -0.353 e. The van der Waals surface area contributed by atoms with Gasteiger partial charge < -0.3 is 10.2 Å². The van der Waals surface area contributed by atoms with Crippen LogP contribution in [0.25, 0.3) is 0 Å². The molecule has 1 heterocycles. The van der Waals surface area contributed by atoms with Crippen molar-refractivity contribution in [3.63, 3.8) is 0 Å². The maximum absolute atomic E-state index is 13.8. The third kappa shape index (κ3) is 4.40. The first-order chi connectivity index (χ1) is 12.4. The molecular weight excluding hydrogens is 338 g/mol. The van der Waals surface area contributed by atoms with Crippen molar-refractivity contribution < 1.29 is 18.4 Å². The molecule has 6 heteroatoms. The first-order valence-electron chi connectivity index (χ1n) is 9.48. The SMILES string of the molecule is CC1CCC(NC(=O)C2CCN(C(=O)c3ccc(F)cc3F)CC2)CC1. The van der Waals surface area contributed by atoms with Crippen LogP contribution in [-0.4, -0.2) is 35.8 Å². The number of piperidine rings is 1. The first-order valence-corrected chi connectivity index (χ1v) is 9.48. The molecule has 1 saturated heterocycles. The Morgan fingerprint density at radius 2 is 1.69 bits per heavy atom. The van der Waals surface area contributed by atoms with E-state index in [-0.39, 0.29) is 23.4 Å². The van der Waals surface area contributed by atoms with Gasteiger partial charge in [-0.2, -0.15) is 0 Å². The Kier molecular flexibility index (Phi) is 5.89. The van der Waals surface area contributed by atoms with E-state index in [1.807, 2.05) is 0 Å². The summed E-state index contributed by atoms with van der Waals surface area (Å²) in [4.78, 5) is 26.4. The van der Waals surface area contributed by atoms with Gasteiger partial charge in [-0.1, -0.05) is 6.92 Å². The van der Waals surface area contributed by atoms with Crippen LogP contribution in [0.2, 0.25) is 0 Å².